The van der Waals surface area contributed by atoms with Gasteiger partial charge in [0.2, 0.25) is 5.91 Å². The molecule has 2 heterocycles. The first-order valence-corrected chi connectivity index (χ1v) is 9.12. The molecule has 1 aliphatic heterocycles. The summed E-state index contributed by atoms with van der Waals surface area (Å²) in [5.74, 6) is 1.09. The lowest BCUT2D eigenvalue weighted by Gasteiger charge is -2.23. The normalized spacial score (nSPS) is 16.3. The van der Waals surface area contributed by atoms with Crippen LogP contribution in [0.25, 0.3) is 11.4 Å². The van der Waals surface area contributed by atoms with Crippen molar-refractivity contribution in [3.63, 3.8) is 0 Å². The van der Waals surface area contributed by atoms with Crippen molar-refractivity contribution in [2.24, 2.45) is 7.05 Å². The molecule has 1 saturated heterocycles. The van der Waals surface area contributed by atoms with Crippen molar-refractivity contribution in [3.8, 4) is 11.4 Å². The standard InChI is InChI=1S/C19H27N5O/c1-15(12-18(25)24-10-5-3-4-6-11-24)21-17-9-7-8-16(13-17)19-22-20-14-23(19)2/h7-9,13-15,21H,3-6,10-12H2,1-2H3. The first-order chi connectivity index (χ1) is 12.1. The van der Waals surface area contributed by atoms with Crippen molar-refractivity contribution in [1.82, 2.24) is 19.7 Å². The molecule has 0 aliphatic carbocycles. The van der Waals surface area contributed by atoms with Crippen LogP contribution in [0, 0.1) is 0 Å². The van der Waals surface area contributed by atoms with Crippen molar-refractivity contribution < 1.29 is 4.79 Å². The number of hydrogen-bond donors (Lipinski definition) is 1. The maximum absolute atomic E-state index is 12.5. The van der Waals surface area contributed by atoms with Crippen molar-refractivity contribution in [2.75, 3.05) is 18.4 Å². The number of aryl methyl sites for hydroxylation is 1. The summed E-state index contributed by atoms with van der Waals surface area (Å²) in [7, 11) is 1.93. The van der Waals surface area contributed by atoms with Crippen LogP contribution in [-0.2, 0) is 11.8 Å². The third-order valence-electron chi connectivity index (χ3n) is 4.68. The number of benzene rings is 1. The smallest absolute Gasteiger partial charge is 0.224 e. The van der Waals surface area contributed by atoms with E-state index >= 15 is 0 Å². The molecule has 1 unspecified atom stereocenters. The van der Waals surface area contributed by atoms with Crippen LogP contribution in [-0.4, -0.2) is 44.7 Å². The number of nitrogens with one attached hydrogen (secondary N) is 1. The van der Waals surface area contributed by atoms with Crippen molar-refractivity contribution in [1.29, 1.82) is 0 Å². The summed E-state index contributed by atoms with van der Waals surface area (Å²) in [5, 5.41) is 11.5. The molecule has 1 aromatic carbocycles. The van der Waals surface area contributed by atoms with E-state index in [1.807, 2.05) is 34.7 Å². The number of carbonyl (C=O) groups excluding carboxylic acids is 1. The topological polar surface area (TPSA) is 63.1 Å². The van der Waals surface area contributed by atoms with Gasteiger partial charge in [0.05, 0.1) is 0 Å². The van der Waals surface area contributed by atoms with Gasteiger partial charge in [-0.25, -0.2) is 0 Å². The van der Waals surface area contributed by atoms with Crippen LogP contribution in [0.15, 0.2) is 30.6 Å². The number of rotatable bonds is 5. The van der Waals surface area contributed by atoms with E-state index in [-0.39, 0.29) is 11.9 Å². The van der Waals surface area contributed by atoms with Crippen molar-refractivity contribution in [3.05, 3.63) is 30.6 Å². The van der Waals surface area contributed by atoms with Gasteiger partial charge in [-0.2, -0.15) is 0 Å². The summed E-state index contributed by atoms with van der Waals surface area (Å²) in [6.07, 6.45) is 6.96. The van der Waals surface area contributed by atoms with Gasteiger partial charge in [0.15, 0.2) is 5.82 Å². The van der Waals surface area contributed by atoms with E-state index in [0.29, 0.717) is 6.42 Å². The summed E-state index contributed by atoms with van der Waals surface area (Å²) in [5.41, 5.74) is 2.01. The zero-order chi connectivity index (χ0) is 17.6. The molecule has 6 nitrogen and oxygen atoms in total. The molecule has 1 N–H and O–H groups in total. The van der Waals surface area contributed by atoms with Gasteiger partial charge < -0.3 is 14.8 Å². The van der Waals surface area contributed by atoms with Gasteiger partial charge in [-0.05, 0) is 31.9 Å². The van der Waals surface area contributed by atoms with Crippen LogP contribution in [0.3, 0.4) is 0 Å². The molecule has 1 aliphatic rings. The van der Waals surface area contributed by atoms with E-state index in [1.165, 1.54) is 12.8 Å². The van der Waals surface area contributed by atoms with Crippen LogP contribution in [0.1, 0.15) is 39.0 Å². The number of anilines is 1. The number of aromatic nitrogens is 3. The van der Waals surface area contributed by atoms with Crippen molar-refractivity contribution in [2.45, 2.75) is 45.1 Å². The minimum Gasteiger partial charge on any atom is -0.382 e. The predicted molar refractivity (Wildman–Crippen MR) is 99.2 cm³/mol. The average Bonchev–Trinajstić information content (AvgIpc) is 2.84. The maximum Gasteiger partial charge on any atom is 0.224 e. The Morgan fingerprint density at radius 3 is 2.68 bits per heavy atom. The molecule has 6 heteroatoms. The molecule has 0 radical (unpaired) electrons. The molecule has 3 rings (SSSR count). The molecule has 1 fully saturated rings. The molecule has 1 atom stereocenters. The van der Waals surface area contributed by atoms with Crippen LogP contribution >= 0.6 is 0 Å². The SMILES string of the molecule is CC(CC(=O)N1CCCCCC1)Nc1cccc(-c2nncn2C)c1. The Labute approximate surface area is 149 Å². The van der Waals surface area contributed by atoms with E-state index in [1.54, 1.807) is 6.33 Å². The van der Waals surface area contributed by atoms with Crippen LogP contribution < -0.4 is 5.32 Å². The maximum atomic E-state index is 12.5. The second kappa shape index (κ2) is 8.14. The predicted octanol–water partition coefficient (Wildman–Crippen LogP) is 3.08. The summed E-state index contributed by atoms with van der Waals surface area (Å²) >= 11 is 0. The summed E-state index contributed by atoms with van der Waals surface area (Å²) in [6, 6.07) is 8.17. The Hall–Kier alpha value is -2.37. The Balaban J connectivity index is 1.60. The highest BCUT2D eigenvalue weighted by Crippen LogP contribution is 2.21. The Morgan fingerprint density at radius 2 is 2.00 bits per heavy atom. The van der Waals surface area contributed by atoms with E-state index in [0.717, 1.165) is 43.0 Å². The highest BCUT2D eigenvalue weighted by Gasteiger charge is 2.18. The minimum absolute atomic E-state index is 0.0884. The van der Waals surface area contributed by atoms with Gasteiger partial charge in [0.1, 0.15) is 6.33 Å². The lowest BCUT2D eigenvalue weighted by molar-refractivity contribution is -0.131. The highest BCUT2D eigenvalue weighted by atomic mass is 16.2. The molecule has 0 spiro atoms. The van der Waals surface area contributed by atoms with Crippen LogP contribution in [0.2, 0.25) is 0 Å². The summed E-state index contributed by atoms with van der Waals surface area (Å²) in [6.45, 7) is 3.88. The molecule has 25 heavy (non-hydrogen) atoms. The second-order valence-electron chi connectivity index (χ2n) is 6.89. The number of hydrogen-bond acceptors (Lipinski definition) is 4. The second-order valence-corrected chi connectivity index (χ2v) is 6.89. The van der Waals surface area contributed by atoms with E-state index in [9.17, 15) is 4.79 Å². The molecule has 134 valence electrons. The van der Waals surface area contributed by atoms with Crippen molar-refractivity contribution >= 4 is 11.6 Å². The number of nitrogens with zero attached hydrogens (tertiary/aromatic N) is 4. The lowest BCUT2D eigenvalue weighted by atomic mass is 10.1. The number of amides is 1. The zero-order valence-electron chi connectivity index (χ0n) is 15.1. The summed E-state index contributed by atoms with van der Waals surface area (Å²) < 4.78 is 1.89. The zero-order valence-corrected chi connectivity index (χ0v) is 15.1. The highest BCUT2D eigenvalue weighted by molar-refractivity contribution is 5.77. The molecular formula is C19H27N5O. The van der Waals surface area contributed by atoms with Gasteiger partial charge in [-0.1, -0.05) is 25.0 Å². The average molecular weight is 341 g/mol. The first kappa shape index (κ1) is 17.5. The molecule has 0 saturated carbocycles. The summed E-state index contributed by atoms with van der Waals surface area (Å²) in [4.78, 5) is 14.5. The largest absolute Gasteiger partial charge is 0.382 e. The van der Waals surface area contributed by atoms with Gasteiger partial charge in [-0.3, -0.25) is 4.79 Å². The number of carbonyl (C=O) groups is 1. The Bertz CT molecular complexity index is 703. The molecule has 0 bridgehead atoms. The minimum atomic E-state index is 0.0884. The first-order valence-electron chi connectivity index (χ1n) is 9.12. The van der Waals surface area contributed by atoms with Gasteiger partial charge in [0.25, 0.3) is 0 Å². The van der Waals surface area contributed by atoms with Crippen LogP contribution in [0.5, 0.6) is 0 Å². The molecule has 1 aromatic heterocycles. The fourth-order valence-corrected chi connectivity index (χ4v) is 3.34. The molecule has 2 aromatic rings. The Morgan fingerprint density at radius 1 is 1.24 bits per heavy atom. The fourth-order valence-electron chi connectivity index (χ4n) is 3.34. The Kier molecular flexibility index (Phi) is 5.68. The van der Waals surface area contributed by atoms with E-state index in [4.69, 9.17) is 0 Å². The van der Waals surface area contributed by atoms with Gasteiger partial charge in [-0.15, -0.1) is 10.2 Å². The van der Waals surface area contributed by atoms with Crippen LogP contribution in [0.4, 0.5) is 5.69 Å². The van der Waals surface area contributed by atoms with E-state index in [2.05, 4.69) is 28.5 Å². The molecule has 1 amide bonds. The lowest BCUT2D eigenvalue weighted by Crippen LogP contribution is -2.35. The molecular weight excluding hydrogens is 314 g/mol. The quantitative estimate of drug-likeness (QED) is 0.908. The van der Waals surface area contributed by atoms with E-state index < -0.39 is 0 Å². The van der Waals surface area contributed by atoms with Gasteiger partial charge >= 0.3 is 0 Å². The van der Waals surface area contributed by atoms with Gasteiger partial charge in [0, 0.05) is 43.9 Å². The fraction of sp³-hybridized carbons (Fsp3) is 0.526. The monoisotopic (exact) mass is 341 g/mol. The number of likely N-dealkylation sites (tertiary alicyclic amines) is 1. The third kappa shape index (κ3) is 4.59. The third-order valence-corrected chi connectivity index (χ3v) is 4.68.